The molecule has 148 valence electrons. The Labute approximate surface area is 166 Å². The second-order valence-corrected chi connectivity index (χ2v) is 6.83. The average Bonchev–Trinajstić information content (AvgIpc) is 2.74. The van der Waals surface area contributed by atoms with Gasteiger partial charge in [-0.05, 0) is 47.9 Å². The molecule has 1 amide bonds. The lowest BCUT2D eigenvalue weighted by Crippen LogP contribution is -2.36. The summed E-state index contributed by atoms with van der Waals surface area (Å²) in [6.07, 6.45) is 0.648. The van der Waals surface area contributed by atoms with E-state index in [1.165, 1.54) is 23.8 Å². The van der Waals surface area contributed by atoms with Crippen LogP contribution in [0.25, 0.3) is 11.3 Å². The molecule has 0 spiro atoms. The number of carbonyl (C=O) groups is 1. The zero-order valence-electron chi connectivity index (χ0n) is 15.7. The number of fused-ring (bicyclic) bond motifs is 1. The fraction of sp³-hybridized carbons (Fsp3) is 0.227. The van der Waals surface area contributed by atoms with E-state index in [9.17, 15) is 14.0 Å². The summed E-state index contributed by atoms with van der Waals surface area (Å²) in [6.45, 7) is 0.725. The molecule has 0 radical (unpaired) electrons. The molecule has 0 saturated heterocycles. The van der Waals surface area contributed by atoms with Crippen molar-refractivity contribution < 1.29 is 13.9 Å². The number of nitrogens with one attached hydrogen (secondary N) is 1. The van der Waals surface area contributed by atoms with Crippen LogP contribution in [0.15, 0.2) is 65.5 Å². The minimum Gasteiger partial charge on any atom is -0.371 e. The second kappa shape index (κ2) is 8.36. The molecule has 2 heterocycles. The highest BCUT2D eigenvalue weighted by atomic mass is 19.1. The van der Waals surface area contributed by atoms with E-state index < -0.39 is 0 Å². The lowest BCUT2D eigenvalue weighted by atomic mass is 9.97. The summed E-state index contributed by atoms with van der Waals surface area (Å²) < 4.78 is 20.0. The van der Waals surface area contributed by atoms with Gasteiger partial charge in [-0.25, -0.2) is 9.07 Å². The summed E-state index contributed by atoms with van der Waals surface area (Å²) in [4.78, 5) is 24.5. The van der Waals surface area contributed by atoms with Crippen molar-refractivity contribution in [2.75, 3.05) is 13.2 Å². The SMILES string of the molecule is O=C(Cn1nc(-c2ccc(F)cc2)ccc1=O)NC[C@@H]1OCCc2ccccc21. The highest BCUT2D eigenvalue weighted by Gasteiger charge is 2.21. The van der Waals surface area contributed by atoms with Gasteiger partial charge in [0.15, 0.2) is 0 Å². The number of nitrogens with zero attached hydrogens (tertiary/aromatic N) is 2. The van der Waals surface area contributed by atoms with Crippen molar-refractivity contribution in [2.45, 2.75) is 19.1 Å². The Hall–Kier alpha value is -3.32. The summed E-state index contributed by atoms with van der Waals surface area (Å²) in [5.41, 5.74) is 3.07. The van der Waals surface area contributed by atoms with Crippen molar-refractivity contribution in [3.63, 3.8) is 0 Å². The molecular formula is C22H20FN3O3. The van der Waals surface area contributed by atoms with Crippen LogP contribution in [0.4, 0.5) is 4.39 Å². The summed E-state index contributed by atoms with van der Waals surface area (Å²) in [7, 11) is 0. The number of hydrogen-bond acceptors (Lipinski definition) is 4. The van der Waals surface area contributed by atoms with E-state index in [1.54, 1.807) is 18.2 Å². The van der Waals surface area contributed by atoms with Gasteiger partial charge in [-0.3, -0.25) is 9.59 Å². The molecule has 1 aliphatic rings. The Kier molecular flexibility index (Phi) is 5.48. The number of aromatic nitrogens is 2. The third-order valence-electron chi connectivity index (χ3n) is 4.88. The molecule has 1 aromatic heterocycles. The number of halogens is 1. The standard InChI is InChI=1S/C22H20FN3O3/c23-17-7-5-16(6-8-17)19-9-10-22(28)26(25-19)14-21(27)24-13-20-18-4-2-1-3-15(18)11-12-29-20/h1-10,20H,11-14H2,(H,24,27)/t20-/m0/s1. The molecular weight excluding hydrogens is 373 g/mol. The molecule has 2 aromatic carbocycles. The molecule has 0 unspecified atom stereocenters. The molecule has 0 saturated carbocycles. The van der Waals surface area contributed by atoms with Crippen molar-refractivity contribution in [1.29, 1.82) is 0 Å². The number of carbonyl (C=O) groups excluding carboxylic acids is 1. The maximum Gasteiger partial charge on any atom is 0.267 e. The molecule has 7 heteroatoms. The van der Waals surface area contributed by atoms with Crippen molar-refractivity contribution in [3.8, 4) is 11.3 Å². The lowest BCUT2D eigenvalue weighted by molar-refractivity contribution is -0.122. The number of amides is 1. The van der Waals surface area contributed by atoms with Gasteiger partial charge in [-0.15, -0.1) is 0 Å². The van der Waals surface area contributed by atoms with E-state index in [-0.39, 0.29) is 29.9 Å². The first-order valence-corrected chi connectivity index (χ1v) is 9.40. The minimum atomic E-state index is -0.384. The summed E-state index contributed by atoms with van der Waals surface area (Å²) in [5.74, 6) is -0.685. The van der Waals surface area contributed by atoms with Crippen LogP contribution in [-0.2, 0) is 22.5 Å². The zero-order chi connectivity index (χ0) is 20.2. The number of ether oxygens (including phenoxy) is 1. The van der Waals surface area contributed by atoms with E-state index in [0.717, 1.165) is 16.7 Å². The Morgan fingerprint density at radius 2 is 1.93 bits per heavy atom. The van der Waals surface area contributed by atoms with E-state index >= 15 is 0 Å². The predicted molar refractivity (Wildman–Crippen MR) is 106 cm³/mol. The Bertz CT molecular complexity index is 1080. The van der Waals surface area contributed by atoms with Crippen LogP contribution in [0.5, 0.6) is 0 Å². The number of rotatable bonds is 5. The van der Waals surface area contributed by atoms with Gasteiger partial charge in [0.05, 0.1) is 12.3 Å². The van der Waals surface area contributed by atoms with Gasteiger partial charge >= 0.3 is 0 Å². The normalized spacial score (nSPS) is 15.6. The molecule has 1 N–H and O–H groups in total. The van der Waals surface area contributed by atoms with Crippen molar-refractivity contribution >= 4 is 5.91 Å². The molecule has 0 aliphatic carbocycles. The van der Waals surface area contributed by atoms with E-state index in [2.05, 4.69) is 16.5 Å². The highest BCUT2D eigenvalue weighted by molar-refractivity contribution is 5.75. The topological polar surface area (TPSA) is 73.2 Å². The Balaban J connectivity index is 1.43. The highest BCUT2D eigenvalue weighted by Crippen LogP contribution is 2.26. The quantitative estimate of drug-likeness (QED) is 0.723. The van der Waals surface area contributed by atoms with E-state index in [0.29, 0.717) is 24.4 Å². The molecule has 1 aliphatic heterocycles. The lowest BCUT2D eigenvalue weighted by Gasteiger charge is -2.26. The second-order valence-electron chi connectivity index (χ2n) is 6.83. The van der Waals surface area contributed by atoms with Crippen LogP contribution >= 0.6 is 0 Å². The van der Waals surface area contributed by atoms with Gasteiger partial charge in [-0.1, -0.05) is 24.3 Å². The van der Waals surface area contributed by atoms with Crippen LogP contribution in [-0.4, -0.2) is 28.8 Å². The van der Waals surface area contributed by atoms with Gasteiger partial charge in [0.1, 0.15) is 18.5 Å². The van der Waals surface area contributed by atoms with Crippen LogP contribution in [0.1, 0.15) is 17.2 Å². The van der Waals surface area contributed by atoms with Crippen molar-refractivity contribution in [1.82, 2.24) is 15.1 Å². The fourth-order valence-corrected chi connectivity index (χ4v) is 3.38. The largest absolute Gasteiger partial charge is 0.371 e. The summed E-state index contributed by atoms with van der Waals surface area (Å²) in [6, 6.07) is 16.7. The zero-order valence-corrected chi connectivity index (χ0v) is 15.7. The van der Waals surface area contributed by atoms with Crippen LogP contribution < -0.4 is 10.9 Å². The third kappa shape index (κ3) is 4.41. The van der Waals surface area contributed by atoms with Crippen molar-refractivity contribution in [3.05, 3.63) is 88.0 Å². The van der Waals surface area contributed by atoms with E-state index in [4.69, 9.17) is 4.74 Å². The molecule has 0 bridgehead atoms. The number of hydrogen-bond donors (Lipinski definition) is 1. The fourth-order valence-electron chi connectivity index (χ4n) is 3.38. The Morgan fingerprint density at radius 1 is 1.14 bits per heavy atom. The predicted octanol–water partition coefficient (Wildman–Crippen LogP) is 2.48. The first-order chi connectivity index (χ1) is 14.1. The number of benzene rings is 2. The average molecular weight is 393 g/mol. The third-order valence-corrected chi connectivity index (χ3v) is 4.88. The van der Waals surface area contributed by atoms with Crippen molar-refractivity contribution in [2.24, 2.45) is 0 Å². The molecule has 29 heavy (non-hydrogen) atoms. The summed E-state index contributed by atoms with van der Waals surface area (Å²) >= 11 is 0. The van der Waals surface area contributed by atoms with Crippen LogP contribution in [0.3, 0.4) is 0 Å². The Morgan fingerprint density at radius 3 is 2.76 bits per heavy atom. The molecule has 4 rings (SSSR count). The van der Waals surface area contributed by atoms with Gasteiger partial charge in [0, 0.05) is 18.2 Å². The van der Waals surface area contributed by atoms with Gasteiger partial charge in [0.2, 0.25) is 5.91 Å². The maximum absolute atomic E-state index is 13.1. The molecule has 3 aromatic rings. The summed E-state index contributed by atoms with van der Waals surface area (Å²) in [5, 5.41) is 7.05. The van der Waals surface area contributed by atoms with Crippen LogP contribution in [0, 0.1) is 5.82 Å². The first kappa shape index (κ1) is 19.0. The van der Waals surface area contributed by atoms with Crippen LogP contribution in [0.2, 0.25) is 0 Å². The molecule has 1 atom stereocenters. The maximum atomic E-state index is 13.1. The minimum absolute atomic E-state index is 0.206. The molecule has 0 fully saturated rings. The first-order valence-electron chi connectivity index (χ1n) is 9.40. The smallest absolute Gasteiger partial charge is 0.267 e. The molecule has 6 nitrogen and oxygen atoms in total. The van der Waals surface area contributed by atoms with Gasteiger partial charge in [0.25, 0.3) is 5.56 Å². The van der Waals surface area contributed by atoms with E-state index in [1.807, 2.05) is 18.2 Å². The van der Waals surface area contributed by atoms with Gasteiger partial charge in [-0.2, -0.15) is 5.10 Å². The monoisotopic (exact) mass is 393 g/mol. The van der Waals surface area contributed by atoms with Gasteiger partial charge < -0.3 is 10.1 Å².